The molecule has 0 radical (unpaired) electrons. The van der Waals surface area contributed by atoms with Crippen LogP contribution < -0.4 is 25.0 Å². The predicted molar refractivity (Wildman–Crippen MR) is 129 cm³/mol. The lowest BCUT2D eigenvalue weighted by Gasteiger charge is -2.36. The summed E-state index contributed by atoms with van der Waals surface area (Å²) in [5.41, 5.74) is 1.37. The molecule has 1 heterocycles. The van der Waals surface area contributed by atoms with Gasteiger partial charge in [0.15, 0.2) is 6.61 Å². The molecule has 1 aliphatic heterocycles. The van der Waals surface area contributed by atoms with Crippen LogP contribution in [0.3, 0.4) is 0 Å². The van der Waals surface area contributed by atoms with Gasteiger partial charge in [-0.1, -0.05) is 24.3 Å². The number of carbonyl (C=O) groups excluding carboxylic acids is 3. The molecule has 0 bridgehead atoms. The second-order valence-electron chi connectivity index (χ2n) is 7.71. The minimum atomic E-state index is -1.10. The molecule has 3 amide bonds. The summed E-state index contributed by atoms with van der Waals surface area (Å²) in [6.07, 6.45) is -0.289. The van der Waals surface area contributed by atoms with Crippen molar-refractivity contribution in [3.8, 4) is 11.5 Å². The van der Waals surface area contributed by atoms with Gasteiger partial charge in [0.25, 0.3) is 5.91 Å². The molecule has 0 unspecified atom stereocenters. The van der Waals surface area contributed by atoms with Gasteiger partial charge in [-0.05, 0) is 55.5 Å². The number of amides is 3. The van der Waals surface area contributed by atoms with Crippen molar-refractivity contribution < 1.29 is 28.2 Å². The van der Waals surface area contributed by atoms with E-state index in [0.29, 0.717) is 35.2 Å². The third-order valence-electron chi connectivity index (χ3n) is 5.32. The van der Waals surface area contributed by atoms with Crippen molar-refractivity contribution in [2.45, 2.75) is 19.4 Å². The zero-order valence-electron chi connectivity index (χ0n) is 19.0. The topological polar surface area (TPSA) is 97.0 Å². The van der Waals surface area contributed by atoms with Crippen molar-refractivity contribution >= 4 is 34.8 Å². The molecule has 1 atom stereocenters. The molecule has 8 nitrogen and oxygen atoms in total. The summed E-state index contributed by atoms with van der Waals surface area (Å²) in [6, 6.07) is 17.9. The highest BCUT2D eigenvalue weighted by atomic mass is 19.1. The normalized spacial score (nSPS) is 14.5. The highest BCUT2D eigenvalue weighted by Crippen LogP contribution is 2.33. The molecular formula is C26H24FN3O5. The number of nitrogens with zero attached hydrogens (tertiary/aromatic N) is 1. The van der Waals surface area contributed by atoms with E-state index in [2.05, 4.69) is 10.6 Å². The Morgan fingerprint density at radius 1 is 1.00 bits per heavy atom. The van der Waals surface area contributed by atoms with E-state index >= 15 is 0 Å². The number of halogens is 1. The van der Waals surface area contributed by atoms with Gasteiger partial charge in [-0.3, -0.25) is 19.3 Å². The lowest BCUT2D eigenvalue weighted by molar-refractivity contribution is -0.127. The van der Waals surface area contributed by atoms with Crippen molar-refractivity contribution in [2.75, 3.05) is 28.7 Å². The molecule has 4 rings (SSSR count). The minimum absolute atomic E-state index is 0.289. The van der Waals surface area contributed by atoms with Crippen molar-refractivity contribution in [3.05, 3.63) is 78.6 Å². The molecular weight excluding hydrogens is 453 g/mol. The fraction of sp³-hybridized carbons (Fsp3) is 0.192. The van der Waals surface area contributed by atoms with E-state index in [1.807, 2.05) is 6.92 Å². The molecule has 0 saturated heterocycles. The molecule has 1 aliphatic rings. The Hall–Kier alpha value is -4.40. The van der Waals surface area contributed by atoms with Gasteiger partial charge in [0.1, 0.15) is 23.4 Å². The van der Waals surface area contributed by atoms with Crippen LogP contribution in [0.1, 0.15) is 13.3 Å². The van der Waals surface area contributed by atoms with Gasteiger partial charge in [0.05, 0.1) is 30.1 Å². The van der Waals surface area contributed by atoms with Gasteiger partial charge in [-0.25, -0.2) is 4.39 Å². The number of hydrogen-bond donors (Lipinski definition) is 2. The van der Waals surface area contributed by atoms with Crippen LogP contribution in [0.4, 0.5) is 21.5 Å². The van der Waals surface area contributed by atoms with Gasteiger partial charge >= 0.3 is 0 Å². The second-order valence-corrected chi connectivity index (χ2v) is 7.71. The van der Waals surface area contributed by atoms with Gasteiger partial charge < -0.3 is 20.1 Å². The maximum absolute atomic E-state index is 13.2. The van der Waals surface area contributed by atoms with Gasteiger partial charge in [0.2, 0.25) is 11.8 Å². The van der Waals surface area contributed by atoms with E-state index in [-0.39, 0.29) is 6.42 Å². The molecule has 0 fully saturated rings. The molecule has 0 spiro atoms. The first-order chi connectivity index (χ1) is 17.0. The number of hydrogen-bond acceptors (Lipinski definition) is 5. The third kappa shape index (κ3) is 5.57. The summed E-state index contributed by atoms with van der Waals surface area (Å²) in [7, 11) is 0. The van der Waals surface area contributed by atoms with E-state index in [1.54, 1.807) is 48.5 Å². The Morgan fingerprint density at radius 3 is 2.49 bits per heavy atom. The molecule has 0 aromatic heterocycles. The molecule has 0 aliphatic carbocycles. The summed E-state index contributed by atoms with van der Waals surface area (Å²) >= 11 is 0. The van der Waals surface area contributed by atoms with Crippen molar-refractivity contribution in [1.82, 2.24) is 0 Å². The SMILES string of the molecule is CCOc1ccccc1NC(=O)C[C@@H]1C(=O)Nc2ccccc2N1C(=O)COc1ccc(F)cc1. The lowest BCUT2D eigenvalue weighted by Crippen LogP contribution is -2.53. The van der Waals surface area contributed by atoms with Gasteiger partial charge in [-0.15, -0.1) is 0 Å². The minimum Gasteiger partial charge on any atom is -0.492 e. The number of carbonyl (C=O) groups is 3. The third-order valence-corrected chi connectivity index (χ3v) is 5.32. The van der Waals surface area contributed by atoms with E-state index in [4.69, 9.17) is 9.47 Å². The first-order valence-electron chi connectivity index (χ1n) is 11.1. The number of fused-ring (bicyclic) bond motifs is 1. The fourth-order valence-corrected chi connectivity index (χ4v) is 3.76. The van der Waals surface area contributed by atoms with Crippen LogP contribution in [0.15, 0.2) is 72.8 Å². The van der Waals surface area contributed by atoms with Crippen LogP contribution in [0.5, 0.6) is 11.5 Å². The number of benzene rings is 3. The largest absolute Gasteiger partial charge is 0.492 e. The average Bonchev–Trinajstić information content (AvgIpc) is 2.85. The summed E-state index contributed by atoms with van der Waals surface area (Å²) in [5.74, 6) is -1.11. The number of anilines is 3. The zero-order chi connectivity index (χ0) is 24.8. The molecule has 2 N–H and O–H groups in total. The van der Waals surface area contributed by atoms with Crippen LogP contribution in [0.25, 0.3) is 0 Å². The maximum Gasteiger partial charge on any atom is 0.265 e. The molecule has 9 heteroatoms. The van der Waals surface area contributed by atoms with Crippen molar-refractivity contribution in [3.63, 3.8) is 0 Å². The summed E-state index contributed by atoms with van der Waals surface area (Å²) in [4.78, 5) is 40.4. The van der Waals surface area contributed by atoms with E-state index in [1.165, 1.54) is 29.2 Å². The highest BCUT2D eigenvalue weighted by Gasteiger charge is 2.38. The fourth-order valence-electron chi connectivity index (χ4n) is 3.76. The Kier molecular flexibility index (Phi) is 7.25. The quantitative estimate of drug-likeness (QED) is 0.512. The molecule has 35 heavy (non-hydrogen) atoms. The first kappa shape index (κ1) is 23.7. The Labute approximate surface area is 201 Å². The predicted octanol–water partition coefficient (Wildman–Crippen LogP) is 3.99. The first-order valence-corrected chi connectivity index (χ1v) is 11.1. The van der Waals surface area contributed by atoms with Crippen molar-refractivity contribution in [2.24, 2.45) is 0 Å². The molecule has 3 aromatic rings. The van der Waals surface area contributed by atoms with E-state index in [0.717, 1.165) is 0 Å². The highest BCUT2D eigenvalue weighted by molar-refractivity contribution is 6.14. The Bertz CT molecular complexity index is 1230. The van der Waals surface area contributed by atoms with Crippen molar-refractivity contribution in [1.29, 1.82) is 0 Å². The number of ether oxygens (including phenoxy) is 2. The Balaban J connectivity index is 1.54. The van der Waals surface area contributed by atoms with Crippen LogP contribution in [-0.4, -0.2) is 37.0 Å². The molecule has 0 saturated carbocycles. The number of nitrogens with one attached hydrogen (secondary N) is 2. The smallest absolute Gasteiger partial charge is 0.265 e. The van der Waals surface area contributed by atoms with Crippen LogP contribution in [0, 0.1) is 5.82 Å². The Morgan fingerprint density at radius 2 is 1.71 bits per heavy atom. The molecule has 3 aromatic carbocycles. The molecule has 180 valence electrons. The second kappa shape index (κ2) is 10.7. The lowest BCUT2D eigenvalue weighted by atomic mass is 10.0. The van der Waals surface area contributed by atoms with E-state index < -0.39 is 36.2 Å². The monoisotopic (exact) mass is 477 g/mol. The van der Waals surface area contributed by atoms with Gasteiger partial charge in [-0.2, -0.15) is 0 Å². The zero-order valence-corrected chi connectivity index (χ0v) is 19.0. The van der Waals surface area contributed by atoms with E-state index in [9.17, 15) is 18.8 Å². The number of para-hydroxylation sites is 4. The number of rotatable bonds is 8. The summed E-state index contributed by atoms with van der Waals surface area (Å²) < 4.78 is 24.2. The van der Waals surface area contributed by atoms with Crippen LogP contribution in [-0.2, 0) is 14.4 Å². The summed E-state index contributed by atoms with van der Waals surface area (Å²) in [5, 5.41) is 5.52. The standard InChI is InChI=1S/C26H24FN3O5/c1-2-34-23-10-6-4-8-20(23)28-24(31)15-22-26(33)29-19-7-3-5-9-21(19)30(22)25(32)16-35-18-13-11-17(27)12-14-18/h3-14,22H,2,15-16H2,1H3,(H,28,31)(H,29,33)/t22-/m1/s1. The van der Waals surface area contributed by atoms with Crippen LogP contribution in [0.2, 0.25) is 0 Å². The maximum atomic E-state index is 13.2. The van der Waals surface area contributed by atoms with Crippen LogP contribution >= 0.6 is 0 Å². The summed E-state index contributed by atoms with van der Waals surface area (Å²) in [6.45, 7) is 1.85. The van der Waals surface area contributed by atoms with Gasteiger partial charge in [0, 0.05) is 0 Å². The average molecular weight is 477 g/mol.